The average molecular weight is 201 g/mol. The van der Waals surface area contributed by atoms with E-state index < -0.39 is 0 Å². The third kappa shape index (κ3) is 1.52. The minimum atomic E-state index is 0.264. The number of anilines is 2. The van der Waals surface area contributed by atoms with E-state index in [0.717, 1.165) is 13.0 Å². The topological polar surface area (TPSA) is 64.3 Å². The van der Waals surface area contributed by atoms with E-state index in [-0.39, 0.29) is 5.15 Å². The van der Waals surface area contributed by atoms with E-state index in [1.807, 2.05) is 0 Å². The van der Waals surface area contributed by atoms with Gasteiger partial charge in [-0.25, -0.2) is 15.0 Å². The molecule has 2 heterocycles. The molecule has 1 aliphatic heterocycles. The second-order valence-electron chi connectivity index (χ2n) is 2.69. The van der Waals surface area contributed by atoms with Crippen molar-refractivity contribution < 1.29 is 4.84 Å². The lowest BCUT2D eigenvalue weighted by atomic mass is 10.4. The van der Waals surface area contributed by atoms with Crippen molar-refractivity contribution in [1.29, 1.82) is 0 Å². The van der Waals surface area contributed by atoms with Crippen molar-refractivity contribution in [3.8, 4) is 0 Å². The zero-order valence-electron chi connectivity index (χ0n) is 6.90. The molecule has 1 aliphatic rings. The predicted molar refractivity (Wildman–Crippen MR) is 49.4 cm³/mol. The molecule has 1 aromatic rings. The summed E-state index contributed by atoms with van der Waals surface area (Å²) in [6.45, 7) is 1.48. The molecule has 0 spiro atoms. The van der Waals surface area contributed by atoms with Gasteiger partial charge in [0.15, 0.2) is 11.0 Å². The normalized spacial score (nSPS) is 16.5. The summed E-state index contributed by atoms with van der Waals surface area (Å²) in [6, 6.07) is 0. The highest BCUT2D eigenvalue weighted by molar-refractivity contribution is 6.32. The Kier molecular flexibility index (Phi) is 2.20. The molecule has 1 fully saturated rings. The summed E-state index contributed by atoms with van der Waals surface area (Å²) in [5, 5.41) is 1.91. The van der Waals surface area contributed by atoms with Crippen LogP contribution in [0.5, 0.6) is 0 Å². The molecule has 13 heavy (non-hydrogen) atoms. The second kappa shape index (κ2) is 3.35. The zero-order chi connectivity index (χ0) is 9.26. The van der Waals surface area contributed by atoms with Crippen LogP contribution in [0.25, 0.3) is 0 Å². The highest BCUT2D eigenvalue weighted by Gasteiger charge is 2.18. The Morgan fingerprint density at radius 3 is 3.08 bits per heavy atom. The molecule has 0 amide bonds. The Labute approximate surface area is 80.4 Å². The molecule has 6 heteroatoms. The van der Waals surface area contributed by atoms with E-state index in [1.165, 1.54) is 6.33 Å². The van der Waals surface area contributed by atoms with Gasteiger partial charge in [-0.2, -0.15) is 0 Å². The van der Waals surface area contributed by atoms with Gasteiger partial charge < -0.3 is 5.73 Å². The monoisotopic (exact) mass is 200 g/mol. The van der Waals surface area contributed by atoms with Gasteiger partial charge in [0, 0.05) is 6.54 Å². The maximum atomic E-state index is 5.73. The third-order valence-corrected chi connectivity index (χ3v) is 2.10. The summed E-state index contributed by atoms with van der Waals surface area (Å²) in [5.74, 6) is 0.553. The van der Waals surface area contributed by atoms with E-state index in [4.69, 9.17) is 22.2 Å². The first kappa shape index (κ1) is 8.52. The van der Waals surface area contributed by atoms with Crippen LogP contribution >= 0.6 is 11.6 Å². The molecule has 0 aliphatic carbocycles. The van der Waals surface area contributed by atoms with E-state index in [0.29, 0.717) is 18.1 Å². The smallest absolute Gasteiger partial charge is 0.180 e. The van der Waals surface area contributed by atoms with Gasteiger partial charge in [-0.3, -0.25) is 4.84 Å². The standard InChI is InChI=1S/C7H9ClN4O/c8-6-5(9)7(11-4-10-6)12-2-1-3-13-12/h4H,1-3,9H2. The van der Waals surface area contributed by atoms with Gasteiger partial charge in [-0.1, -0.05) is 11.6 Å². The largest absolute Gasteiger partial charge is 0.393 e. The van der Waals surface area contributed by atoms with Gasteiger partial charge in [-0.15, -0.1) is 0 Å². The molecule has 0 bridgehead atoms. The quantitative estimate of drug-likeness (QED) is 0.681. The minimum Gasteiger partial charge on any atom is -0.393 e. The van der Waals surface area contributed by atoms with Crippen molar-refractivity contribution >= 4 is 23.1 Å². The highest BCUT2D eigenvalue weighted by atomic mass is 35.5. The number of hydrogen-bond acceptors (Lipinski definition) is 5. The Bertz CT molecular complexity index is 313. The molecule has 1 saturated heterocycles. The zero-order valence-corrected chi connectivity index (χ0v) is 7.66. The van der Waals surface area contributed by atoms with Gasteiger partial charge in [-0.05, 0) is 6.42 Å². The summed E-state index contributed by atoms with van der Waals surface area (Å²) in [7, 11) is 0. The van der Waals surface area contributed by atoms with Gasteiger partial charge in [0.05, 0.1) is 6.61 Å². The van der Waals surface area contributed by atoms with Gasteiger partial charge >= 0.3 is 0 Å². The molecule has 2 rings (SSSR count). The van der Waals surface area contributed by atoms with Crippen LogP contribution < -0.4 is 10.8 Å². The molecular weight excluding hydrogens is 192 g/mol. The van der Waals surface area contributed by atoms with Crippen molar-refractivity contribution in [3.05, 3.63) is 11.5 Å². The Morgan fingerprint density at radius 2 is 2.38 bits per heavy atom. The fourth-order valence-corrected chi connectivity index (χ4v) is 1.31. The molecule has 0 atom stereocenters. The number of halogens is 1. The molecule has 5 nitrogen and oxygen atoms in total. The summed E-state index contributed by atoms with van der Waals surface area (Å²) in [5.41, 5.74) is 6.05. The van der Waals surface area contributed by atoms with Crippen molar-refractivity contribution in [3.63, 3.8) is 0 Å². The van der Waals surface area contributed by atoms with Crippen LogP contribution in [0.1, 0.15) is 6.42 Å². The number of aromatic nitrogens is 2. The molecule has 0 unspecified atom stereocenters. The van der Waals surface area contributed by atoms with E-state index in [1.54, 1.807) is 5.06 Å². The van der Waals surface area contributed by atoms with Crippen molar-refractivity contribution in [2.24, 2.45) is 0 Å². The maximum absolute atomic E-state index is 5.73. The van der Waals surface area contributed by atoms with Crippen LogP contribution in [0.4, 0.5) is 11.5 Å². The molecule has 0 saturated carbocycles. The first-order valence-corrected chi connectivity index (χ1v) is 4.33. The fourth-order valence-electron chi connectivity index (χ4n) is 1.18. The molecule has 0 radical (unpaired) electrons. The van der Waals surface area contributed by atoms with E-state index in [9.17, 15) is 0 Å². The highest BCUT2D eigenvalue weighted by Crippen LogP contribution is 2.27. The first-order valence-electron chi connectivity index (χ1n) is 3.95. The number of nitrogen functional groups attached to an aromatic ring is 1. The fraction of sp³-hybridized carbons (Fsp3) is 0.429. The Hall–Kier alpha value is -1.07. The Balaban J connectivity index is 2.33. The van der Waals surface area contributed by atoms with Crippen LogP contribution in [0.3, 0.4) is 0 Å². The molecular formula is C7H9ClN4O. The van der Waals surface area contributed by atoms with Gasteiger partial charge in [0.1, 0.15) is 12.0 Å². The van der Waals surface area contributed by atoms with E-state index in [2.05, 4.69) is 9.97 Å². The maximum Gasteiger partial charge on any atom is 0.180 e. The summed E-state index contributed by atoms with van der Waals surface area (Å²) < 4.78 is 0. The predicted octanol–water partition coefficient (Wildman–Crippen LogP) is 0.854. The second-order valence-corrected chi connectivity index (χ2v) is 3.05. The van der Waals surface area contributed by atoms with Crippen molar-refractivity contribution in [2.45, 2.75) is 6.42 Å². The van der Waals surface area contributed by atoms with E-state index >= 15 is 0 Å². The average Bonchev–Trinajstić information content (AvgIpc) is 2.62. The number of rotatable bonds is 1. The number of nitrogens with two attached hydrogens (primary N) is 1. The minimum absolute atomic E-state index is 0.264. The van der Waals surface area contributed by atoms with Crippen LogP contribution in [-0.4, -0.2) is 23.1 Å². The molecule has 1 aromatic heterocycles. The lowest BCUT2D eigenvalue weighted by molar-refractivity contribution is 0.166. The van der Waals surface area contributed by atoms with Crippen LogP contribution in [0, 0.1) is 0 Å². The summed E-state index contributed by atoms with van der Waals surface area (Å²) in [6.07, 6.45) is 2.34. The lowest BCUT2D eigenvalue weighted by Crippen LogP contribution is -2.19. The van der Waals surface area contributed by atoms with Crippen LogP contribution in [0.2, 0.25) is 5.15 Å². The van der Waals surface area contributed by atoms with Crippen molar-refractivity contribution in [2.75, 3.05) is 23.9 Å². The summed E-state index contributed by atoms with van der Waals surface area (Å²) >= 11 is 5.73. The van der Waals surface area contributed by atoms with Gasteiger partial charge in [0.25, 0.3) is 0 Å². The molecule has 0 aromatic carbocycles. The van der Waals surface area contributed by atoms with Gasteiger partial charge in [0.2, 0.25) is 0 Å². The van der Waals surface area contributed by atoms with Crippen molar-refractivity contribution in [1.82, 2.24) is 9.97 Å². The number of nitrogens with zero attached hydrogens (tertiary/aromatic N) is 3. The third-order valence-electron chi connectivity index (χ3n) is 1.80. The van der Waals surface area contributed by atoms with Crippen LogP contribution in [-0.2, 0) is 4.84 Å². The lowest BCUT2D eigenvalue weighted by Gasteiger charge is -2.16. The SMILES string of the molecule is Nc1c(Cl)ncnc1N1CCCO1. The molecule has 70 valence electrons. The first-order chi connectivity index (χ1) is 6.29. The Morgan fingerprint density at radius 1 is 1.54 bits per heavy atom. The molecule has 2 N–H and O–H groups in total. The van der Waals surface area contributed by atoms with Crippen LogP contribution in [0.15, 0.2) is 6.33 Å². The number of hydroxylamine groups is 1. The number of hydrogen-bond donors (Lipinski definition) is 1. The summed E-state index contributed by atoms with van der Waals surface area (Å²) in [4.78, 5) is 13.0.